The average molecular weight is 311 g/mol. The minimum atomic E-state index is -0.141. The summed E-state index contributed by atoms with van der Waals surface area (Å²) >= 11 is 5.93. The Balaban J connectivity index is 2.47. The van der Waals surface area contributed by atoms with E-state index in [0.717, 1.165) is 0 Å². The summed E-state index contributed by atoms with van der Waals surface area (Å²) in [4.78, 5) is 0. The molecule has 4 nitrogen and oxygen atoms in total. The first-order valence-electron chi connectivity index (χ1n) is 6.28. The van der Waals surface area contributed by atoms with Crippen molar-refractivity contribution in [2.45, 2.75) is 0 Å². The van der Waals surface area contributed by atoms with E-state index in [1.807, 2.05) is 6.07 Å². The number of rotatable bonds is 3. The summed E-state index contributed by atoms with van der Waals surface area (Å²) in [5.74, 6) is 0.0917. The summed E-state index contributed by atoms with van der Waals surface area (Å²) < 4.78 is 5.04. The molecule has 0 atom stereocenters. The zero-order valence-electron chi connectivity index (χ0n) is 11.7. The summed E-state index contributed by atoms with van der Waals surface area (Å²) in [6, 6.07) is 14.0. The highest BCUT2D eigenvalue weighted by Crippen LogP contribution is 2.36. The van der Waals surface area contributed by atoms with Crippen molar-refractivity contribution in [2.75, 3.05) is 7.11 Å². The molecule has 0 aliphatic rings. The minimum absolute atomic E-state index is 0.141. The third-order valence-corrected chi connectivity index (χ3v) is 3.32. The largest absolute Gasteiger partial charge is 0.503 e. The van der Waals surface area contributed by atoms with Crippen LogP contribution in [0, 0.1) is 22.7 Å². The van der Waals surface area contributed by atoms with Crippen molar-refractivity contribution < 1.29 is 9.84 Å². The lowest BCUT2D eigenvalue weighted by Gasteiger charge is -2.07. The van der Waals surface area contributed by atoms with Gasteiger partial charge in [-0.2, -0.15) is 10.5 Å². The average Bonchev–Trinajstić information content (AvgIpc) is 2.55. The molecule has 5 heteroatoms. The van der Waals surface area contributed by atoms with Crippen molar-refractivity contribution in [3.63, 3.8) is 0 Å². The summed E-state index contributed by atoms with van der Waals surface area (Å²) in [6.07, 6.45) is 1.63. The summed E-state index contributed by atoms with van der Waals surface area (Å²) in [7, 11) is 1.42. The van der Waals surface area contributed by atoms with Crippen molar-refractivity contribution in [3.8, 4) is 23.6 Å². The molecule has 0 aliphatic carbocycles. The number of ether oxygens (including phenoxy) is 1. The number of halogens is 1. The number of nitrogens with zero attached hydrogens (tertiary/aromatic N) is 2. The molecule has 2 aromatic carbocycles. The molecule has 0 spiro atoms. The second-order valence-electron chi connectivity index (χ2n) is 4.41. The molecule has 2 rings (SSSR count). The highest BCUT2D eigenvalue weighted by molar-refractivity contribution is 6.32. The predicted molar refractivity (Wildman–Crippen MR) is 84.3 cm³/mol. The SMILES string of the molecule is COc1cc(/C=C(\C#N)c2ccc(C#N)cc2)cc(Cl)c1O. The monoisotopic (exact) mass is 310 g/mol. The Morgan fingerprint density at radius 3 is 2.45 bits per heavy atom. The molecule has 0 aromatic heterocycles. The Morgan fingerprint density at radius 2 is 1.91 bits per heavy atom. The Hall–Kier alpha value is -2.95. The number of phenolic OH excluding ortho intramolecular Hbond substituents is 1. The number of phenols is 1. The van der Waals surface area contributed by atoms with Crippen molar-refractivity contribution in [1.29, 1.82) is 10.5 Å². The zero-order valence-corrected chi connectivity index (χ0v) is 12.4. The zero-order chi connectivity index (χ0) is 16.1. The number of allylic oxidation sites excluding steroid dienone is 1. The number of methoxy groups -OCH3 is 1. The van der Waals surface area contributed by atoms with Gasteiger partial charge in [-0.25, -0.2) is 0 Å². The van der Waals surface area contributed by atoms with E-state index in [2.05, 4.69) is 6.07 Å². The first-order valence-corrected chi connectivity index (χ1v) is 6.65. The van der Waals surface area contributed by atoms with Crippen molar-refractivity contribution in [1.82, 2.24) is 0 Å². The van der Waals surface area contributed by atoms with E-state index in [4.69, 9.17) is 21.6 Å². The van der Waals surface area contributed by atoms with Gasteiger partial charge in [-0.1, -0.05) is 23.7 Å². The van der Waals surface area contributed by atoms with Gasteiger partial charge < -0.3 is 9.84 Å². The molecular weight excluding hydrogens is 300 g/mol. The molecule has 108 valence electrons. The van der Waals surface area contributed by atoms with E-state index in [9.17, 15) is 10.4 Å². The van der Waals surface area contributed by atoms with Gasteiger partial charge in [0.2, 0.25) is 0 Å². The van der Waals surface area contributed by atoms with Crippen LogP contribution >= 0.6 is 11.6 Å². The van der Waals surface area contributed by atoms with Crippen LogP contribution in [0.5, 0.6) is 11.5 Å². The van der Waals surface area contributed by atoms with E-state index in [0.29, 0.717) is 22.3 Å². The second kappa shape index (κ2) is 6.67. The minimum Gasteiger partial charge on any atom is -0.503 e. The number of benzene rings is 2. The van der Waals surface area contributed by atoms with Gasteiger partial charge in [-0.15, -0.1) is 0 Å². The Kier molecular flexibility index (Phi) is 4.68. The molecular formula is C17H11ClN2O2. The highest BCUT2D eigenvalue weighted by Gasteiger charge is 2.09. The quantitative estimate of drug-likeness (QED) is 0.687. The molecule has 0 aliphatic heterocycles. The first-order chi connectivity index (χ1) is 10.6. The number of aromatic hydroxyl groups is 1. The molecule has 1 N–H and O–H groups in total. The fourth-order valence-electron chi connectivity index (χ4n) is 1.90. The molecule has 2 aromatic rings. The lowest BCUT2D eigenvalue weighted by molar-refractivity contribution is 0.373. The molecule has 0 unspecified atom stereocenters. The first kappa shape index (κ1) is 15.4. The number of hydrogen-bond donors (Lipinski definition) is 1. The van der Waals surface area contributed by atoms with Gasteiger partial charge in [-0.05, 0) is 41.5 Å². The van der Waals surface area contributed by atoms with E-state index >= 15 is 0 Å². The van der Waals surface area contributed by atoms with Crippen LogP contribution in [-0.4, -0.2) is 12.2 Å². The van der Waals surface area contributed by atoms with Crippen LogP contribution in [0.15, 0.2) is 36.4 Å². The van der Waals surface area contributed by atoms with Crippen LogP contribution in [-0.2, 0) is 0 Å². The van der Waals surface area contributed by atoms with Crippen LogP contribution in [0.2, 0.25) is 5.02 Å². The molecule has 0 heterocycles. The van der Waals surface area contributed by atoms with Crippen LogP contribution < -0.4 is 4.74 Å². The molecule has 0 saturated carbocycles. The molecule has 0 radical (unpaired) electrons. The maximum absolute atomic E-state index is 9.71. The third-order valence-electron chi connectivity index (χ3n) is 3.03. The van der Waals surface area contributed by atoms with Crippen LogP contribution in [0.1, 0.15) is 16.7 Å². The van der Waals surface area contributed by atoms with Crippen LogP contribution in [0.4, 0.5) is 0 Å². The van der Waals surface area contributed by atoms with Crippen molar-refractivity contribution in [2.24, 2.45) is 0 Å². The normalized spacial score (nSPS) is 10.6. The second-order valence-corrected chi connectivity index (χ2v) is 4.82. The molecule has 0 saturated heterocycles. The maximum Gasteiger partial charge on any atom is 0.176 e. The summed E-state index contributed by atoms with van der Waals surface area (Å²) in [5.41, 5.74) is 2.24. The fraction of sp³-hybridized carbons (Fsp3) is 0.0588. The van der Waals surface area contributed by atoms with Gasteiger partial charge in [-0.3, -0.25) is 0 Å². The van der Waals surface area contributed by atoms with Gasteiger partial charge in [0.25, 0.3) is 0 Å². The maximum atomic E-state index is 9.71. The molecule has 0 bridgehead atoms. The summed E-state index contributed by atoms with van der Waals surface area (Å²) in [6.45, 7) is 0. The summed E-state index contributed by atoms with van der Waals surface area (Å²) in [5, 5.41) is 28.0. The lowest BCUT2D eigenvalue weighted by atomic mass is 10.0. The van der Waals surface area contributed by atoms with Crippen LogP contribution in [0.3, 0.4) is 0 Å². The Morgan fingerprint density at radius 1 is 1.23 bits per heavy atom. The third kappa shape index (κ3) is 3.20. The Bertz CT molecular complexity index is 812. The fourth-order valence-corrected chi connectivity index (χ4v) is 2.12. The van der Waals surface area contributed by atoms with Gasteiger partial charge >= 0.3 is 0 Å². The van der Waals surface area contributed by atoms with Crippen molar-refractivity contribution in [3.05, 3.63) is 58.1 Å². The van der Waals surface area contributed by atoms with E-state index < -0.39 is 0 Å². The molecule has 0 fully saturated rings. The van der Waals surface area contributed by atoms with E-state index in [1.165, 1.54) is 7.11 Å². The number of hydrogen-bond acceptors (Lipinski definition) is 4. The van der Waals surface area contributed by atoms with Gasteiger partial charge in [0.05, 0.1) is 35.4 Å². The smallest absolute Gasteiger partial charge is 0.176 e. The Labute approximate surface area is 133 Å². The van der Waals surface area contributed by atoms with Crippen LogP contribution in [0.25, 0.3) is 11.6 Å². The topological polar surface area (TPSA) is 77.0 Å². The number of nitriles is 2. The highest BCUT2D eigenvalue weighted by atomic mass is 35.5. The lowest BCUT2D eigenvalue weighted by Crippen LogP contribution is -1.87. The van der Waals surface area contributed by atoms with Gasteiger partial charge in [0.15, 0.2) is 11.5 Å². The molecule has 0 amide bonds. The van der Waals surface area contributed by atoms with Gasteiger partial charge in [0.1, 0.15) is 0 Å². The van der Waals surface area contributed by atoms with E-state index in [-0.39, 0.29) is 16.5 Å². The van der Waals surface area contributed by atoms with Crippen molar-refractivity contribution >= 4 is 23.3 Å². The molecule has 22 heavy (non-hydrogen) atoms. The van der Waals surface area contributed by atoms with E-state index in [1.54, 1.807) is 42.5 Å². The predicted octanol–water partition coefficient (Wildman–Crippen LogP) is 3.99. The standard InChI is InChI=1S/C17H11ClN2O2/c1-22-16-8-12(7-15(18)17(16)21)6-14(10-20)13-4-2-11(9-19)3-5-13/h2-8,21H,1H3/b14-6+. The van der Waals surface area contributed by atoms with Gasteiger partial charge in [0, 0.05) is 0 Å².